The lowest BCUT2D eigenvalue weighted by Gasteiger charge is -2.32. The Labute approximate surface area is 177 Å². The van der Waals surface area contributed by atoms with E-state index in [-0.39, 0.29) is 11.8 Å². The van der Waals surface area contributed by atoms with Gasteiger partial charge in [0.2, 0.25) is 0 Å². The van der Waals surface area contributed by atoms with Gasteiger partial charge in [-0.25, -0.2) is 0 Å². The number of aryl methyl sites for hydroxylation is 1. The average Bonchev–Trinajstić information content (AvgIpc) is 3.03. The van der Waals surface area contributed by atoms with E-state index in [1.54, 1.807) is 7.11 Å². The van der Waals surface area contributed by atoms with E-state index in [4.69, 9.17) is 4.74 Å². The molecule has 0 bridgehead atoms. The number of unbranched alkanes of at least 4 members (excludes halogenated alkanes) is 2. The Balaban J connectivity index is 1.80. The zero-order chi connectivity index (χ0) is 21.1. The van der Waals surface area contributed by atoms with Crippen LogP contribution in [0.4, 0.5) is 5.69 Å². The molecule has 4 rings (SSSR count). The second kappa shape index (κ2) is 8.74. The van der Waals surface area contributed by atoms with E-state index in [0.29, 0.717) is 17.8 Å². The van der Waals surface area contributed by atoms with Gasteiger partial charge in [-0.15, -0.1) is 0 Å². The number of amides is 2. The Kier molecular flexibility index (Phi) is 5.88. The number of para-hydroxylation sites is 1. The summed E-state index contributed by atoms with van der Waals surface area (Å²) in [5.74, 6) is 0.346. The molecule has 0 saturated heterocycles. The molecule has 2 aromatic carbocycles. The molecule has 0 aromatic heterocycles. The van der Waals surface area contributed by atoms with Crippen LogP contribution in [0.3, 0.4) is 0 Å². The summed E-state index contributed by atoms with van der Waals surface area (Å²) in [6.07, 6.45) is 4.81. The van der Waals surface area contributed by atoms with Crippen molar-refractivity contribution in [1.82, 2.24) is 4.90 Å². The highest BCUT2D eigenvalue weighted by molar-refractivity contribution is 6.36. The largest absolute Gasteiger partial charge is 0.497 e. The van der Waals surface area contributed by atoms with Crippen LogP contribution in [0.15, 0.2) is 54.2 Å². The van der Waals surface area contributed by atoms with Crippen LogP contribution in [0, 0.1) is 0 Å². The van der Waals surface area contributed by atoms with Gasteiger partial charge in [0.25, 0.3) is 11.8 Å². The number of hydrogen-bond donors (Lipinski definition) is 0. The fraction of sp³-hybridized carbons (Fsp3) is 0.360. The minimum Gasteiger partial charge on any atom is -0.497 e. The molecule has 0 saturated carbocycles. The predicted molar refractivity (Wildman–Crippen MR) is 118 cm³/mol. The van der Waals surface area contributed by atoms with Gasteiger partial charge in [0.05, 0.1) is 12.7 Å². The summed E-state index contributed by atoms with van der Waals surface area (Å²) >= 11 is 0. The summed E-state index contributed by atoms with van der Waals surface area (Å²) in [7, 11) is 1.62. The van der Waals surface area contributed by atoms with Gasteiger partial charge in [0.1, 0.15) is 11.4 Å². The first-order chi connectivity index (χ1) is 14.7. The van der Waals surface area contributed by atoms with E-state index in [9.17, 15) is 9.59 Å². The number of nitrogens with zero attached hydrogens (tertiary/aromatic N) is 2. The van der Waals surface area contributed by atoms with Crippen LogP contribution in [-0.4, -0.2) is 36.9 Å². The van der Waals surface area contributed by atoms with Crippen molar-refractivity contribution in [3.63, 3.8) is 0 Å². The lowest BCUT2D eigenvalue weighted by Crippen LogP contribution is -2.37. The molecule has 5 heteroatoms. The number of rotatable bonds is 7. The number of benzene rings is 2. The Morgan fingerprint density at radius 3 is 2.47 bits per heavy atom. The standard InChI is InChI=1S/C25H28N2O3/c1-3-4-7-16-27-24(28)22(19-12-14-20(30-2)15-13-19)23(25(27)29)26-17-8-10-18-9-5-6-11-21(18)26/h5-6,9,11-15H,3-4,7-8,10,16-17H2,1-2H3. The summed E-state index contributed by atoms with van der Waals surface area (Å²) in [4.78, 5) is 30.4. The molecule has 0 radical (unpaired) electrons. The van der Waals surface area contributed by atoms with Crippen molar-refractivity contribution >= 4 is 23.1 Å². The van der Waals surface area contributed by atoms with Crippen molar-refractivity contribution in [1.29, 1.82) is 0 Å². The fourth-order valence-corrected chi connectivity index (χ4v) is 4.32. The number of fused-ring (bicyclic) bond motifs is 1. The van der Waals surface area contributed by atoms with Crippen molar-refractivity contribution in [2.45, 2.75) is 39.0 Å². The molecule has 0 aliphatic carbocycles. The van der Waals surface area contributed by atoms with Crippen LogP contribution in [0.1, 0.15) is 43.7 Å². The first-order valence-corrected chi connectivity index (χ1v) is 10.8. The van der Waals surface area contributed by atoms with Crippen molar-refractivity contribution in [3.05, 3.63) is 65.4 Å². The quantitative estimate of drug-likeness (QED) is 0.506. The molecule has 0 spiro atoms. The molecular formula is C25H28N2O3. The van der Waals surface area contributed by atoms with E-state index in [0.717, 1.165) is 55.6 Å². The Morgan fingerprint density at radius 2 is 1.73 bits per heavy atom. The molecular weight excluding hydrogens is 376 g/mol. The Bertz CT molecular complexity index is 978. The van der Waals surface area contributed by atoms with Crippen LogP contribution < -0.4 is 9.64 Å². The molecule has 0 N–H and O–H groups in total. The van der Waals surface area contributed by atoms with Crippen LogP contribution in [-0.2, 0) is 16.0 Å². The maximum absolute atomic E-state index is 13.5. The van der Waals surface area contributed by atoms with Crippen LogP contribution in [0.25, 0.3) is 5.57 Å². The summed E-state index contributed by atoms with van der Waals surface area (Å²) in [6, 6.07) is 15.6. The van der Waals surface area contributed by atoms with E-state index in [2.05, 4.69) is 17.9 Å². The monoisotopic (exact) mass is 404 g/mol. The second-order valence-corrected chi connectivity index (χ2v) is 7.81. The SMILES string of the molecule is CCCCCN1C(=O)C(c2ccc(OC)cc2)=C(N2CCCc3ccccc32)C1=O. The van der Waals surface area contributed by atoms with E-state index in [1.807, 2.05) is 42.5 Å². The van der Waals surface area contributed by atoms with Gasteiger partial charge < -0.3 is 9.64 Å². The van der Waals surface area contributed by atoms with Gasteiger partial charge in [-0.05, 0) is 48.6 Å². The lowest BCUT2D eigenvalue weighted by molar-refractivity contribution is -0.137. The zero-order valence-corrected chi connectivity index (χ0v) is 17.7. The van der Waals surface area contributed by atoms with Gasteiger partial charge in [-0.1, -0.05) is 50.1 Å². The topological polar surface area (TPSA) is 49.9 Å². The summed E-state index contributed by atoms with van der Waals surface area (Å²) in [6.45, 7) is 3.31. The Morgan fingerprint density at radius 1 is 0.967 bits per heavy atom. The minimum atomic E-state index is -0.195. The molecule has 2 aromatic rings. The zero-order valence-electron chi connectivity index (χ0n) is 17.7. The molecule has 0 unspecified atom stereocenters. The Hall–Kier alpha value is -3.08. The first kappa shape index (κ1) is 20.2. The van der Waals surface area contributed by atoms with Gasteiger partial charge in [0.15, 0.2) is 0 Å². The van der Waals surface area contributed by atoms with Crippen LogP contribution in [0.2, 0.25) is 0 Å². The highest BCUT2D eigenvalue weighted by Crippen LogP contribution is 2.38. The number of carbonyl (C=O) groups is 2. The van der Waals surface area contributed by atoms with Crippen LogP contribution in [0.5, 0.6) is 5.75 Å². The van der Waals surface area contributed by atoms with Gasteiger partial charge >= 0.3 is 0 Å². The molecule has 2 amide bonds. The smallest absolute Gasteiger partial charge is 0.278 e. The lowest BCUT2D eigenvalue weighted by atomic mass is 9.98. The number of anilines is 1. The van der Waals surface area contributed by atoms with Crippen LogP contribution >= 0.6 is 0 Å². The summed E-state index contributed by atoms with van der Waals surface area (Å²) in [5, 5.41) is 0. The van der Waals surface area contributed by atoms with Gasteiger partial charge in [-0.2, -0.15) is 0 Å². The minimum absolute atomic E-state index is 0.182. The normalized spacial score (nSPS) is 16.3. The molecule has 5 nitrogen and oxygen atoms in total. The van der Waals surface area contributed by atoms with E-state index < -0.39 is 0 Å². The highest BCUT2D eigenvalue weighted by Gasteiger charge is 2.42. The molecule has 30 heavy (non-hydrogen) atoms. The van der Waals surface area contributed by atoms with Crippen molar-refractivity contribution < 1.29 is 14.3 Å². The number of imide groups is 1. The van der Waals surface area contributed by atoms with Gasteiger partial charge in [0, 0.05) is 18.8 Å². The maximum atomic E-state index is 13.5. The third-order valence-corrected chi connectivity index (χ3v) is 5.89. The molecule has 156 valence electrons. The highest BCUT2D eigenvalue weighted by atomic mass is 16.5. The average molecular weight is 405 g/mol. The molecule has 2 aliphatic rings. The predicted octanol–water partition coefficient (Wildman–Crippen LogP) is 4.42. The number of methoxy groups -OCH3 is 1. The van der Waals surface area contributed by atoms with Crippen molar-refractivity contribution in [3.8, 4) is 5.75 Å². The number of hydrogen-bond acceptors (Lipinski definition) is 4. The summed E-state index contributed by atoms with van der Waals surface area (Å²) in [5.41, 5.74) is 4.01. The first-order valence-electron chi connectivity index (χ1n) is 10.8. The van der Waals surface area contributed by atoms with E-state index in [1.165, 1.54) is 10.5 Å². The third-order valence-electron chi connectivity index (χ3n) is 5.89. The number of ether oxygens (including phenoxy) is 1. The number of carbonyl (C=O) groups excluding carboxylic acids is 2. The molecule has 2 heterocycles. The molecule has 0 fully saturated rings. The van der Waals surface area contributed by atoms with Gasteiger partial charge in [-0.3, -0.25) is 14.5 Å². The maximum Gasteiger partial charge on any atom is 0.278 e. The second-order valence-electron chi connectivity index (χ2n) is 7.81. The van der Waals surface area contributed by atoms with Crippen molar-refractivity contribution in [2.75, 3.05) is 25.1 Å². The summed E-state index contributed by atoms with van der Waals surface area (Å²) < 4.78 is 5.27. The van der Waals surface area contributed by atoms with Crippen molar-refractivity contribution in [2.24, 2.45) is 0 Å². The fourth-order valence-electron chi connectivity index (χ4n) is 4.32. The van der Waals surface area contributed by atoms with E-state index >= 15 is 0 Å². The molecule has 0 atom stereocenters. The third kappa shape index (κ3) is 3.60. The molecule has 2 aliphatic heterocycles.